The van der Waals surface area contributed by atoms with Crippen molar-refractivity contribution in [3.63, 3.8) is 0 Å². The van der Waals surface area contributed by atoms with E-state index in [0.717, 1.165) is 45.3 Å². The highest BCUT2D eigenvalue weighted by atomic mass is 19.1. The molecule has 2 aromatic heterocycles. The number of carbonyl (C=O) groups is 1. The van der Waals surface area contributed by atoms with Crippen molar-refractivity contribution in [1.82, 2.24) is 19.2 Å². The van der Waals surface area contributed by atoms with E-state index in [2.05, 4.69) is 16.8 Å². The number of hydrogen-bond acceptors (Lipinski definition) is 2. The summed E-state index contributed by atoms with van der Waals surface area (Å²) in [5.74, 6) is 0.593. The van der Waals surface area contributed by atoms with Crippen LogP contribution in [-0.4, -0.2) is 25.3 Å². The van der Waals surface area contributed by atoms with Gasteiger partial charge in [0, 0.05) is 17.4 Å². The first-order valence-electron chi connectivity index (χ1n) is 12.8. The molecule has 2 amide bonds. The summed E-state index contributed by atoms with van der Waals surface area (Å²) in [4.78, 5) is 15.8. The summed E-state index contributed by atoms with van der Waals surface area (Å²) in [5, 5.41) is 8.08. The second kappa shape index (κ2) is 9.67. The van der Waals surface area contributed by atoms with Crippen LogP contribution in [0.3, 0.4) is 0 Å². The minimum absolute atomic E-state index is 0.236. The van der Waals surface area contributed by atoms with E-state index in [1.54, 1.807) is 12.1 Å². The summed E-state index contributed by atoms with van der Waals surface area (Å²) in [6, 6.07) is 27.5. The third-order valence-electron chi connectivity index (χ3n) is 7.02. The topological polar surface area (TPSA) is 55.1 Å². The first-order valence-corrected chi connectivity index (χ1v) is 12.8. The fourth-order valence-corrected chi connectivity index (χ4v) is 5.26. The smallest absolute Gasteiger partial charge is 0.308 e. The van der Waals surface area contributed by atoms with Gasteiger partial charge in [-0.05, 0) is 73.0 Å². The molecule has 190 valence electrons. The Labute approximate surface area is 221 Å². The number of aryl methyl sites for hydroxylation is 2. The predicted octanol–water partition coefficient (Wildman–Crippen LogP) is 6.81. The van der Waals surface area contributed by atoms with E-state index in [1.807, 2.05) is 89.4 Å². The molecule has 0 saturated carbocycles. The molecule has 0 unspecified atom stereocenters. The number of benzene rings is 3. The fourth-order valence-electron chi connectivity index (χ4n) is 5.26. The summed E-state index contributed by atoms with van der Waals surface area (Å²) < 4.78 is 18.0. The third kappa shape index (κ3) is 4.16. The maximum Gasteiger partial charge on any atom is 0.322 e. The van der Waals surface area contributed by atoms with Crippen molar-refractivity contribution in [2.75, 3.05) is 5.32 Å². The molecule has 1 atom stereocenters. The number of para-hydroxylation sites is 1. The molecule has 0 fully saturated rings. The highest BCUT2D eigenvalue weighted by Gasteiger charge is 2.36. The maximum absolute atomic E-state index is 14.0. The number of hydrogen-bond donors (Lipinski definition) is 1. The van der Waals surface area contributed by atoms with E-state index in [0.29, 0.717) is 13.0 Å². The Hall–Kier alpha value is -4.65. The van der Waals surface area contributed by atoms with Crippen molar-refractivity contribution in [2.24, 2.45) is 0 Å². The molecule has 7 heteroatoms. The molecular weight excluding hydrogens is 477 g/mol. The molecule has 3 heterocycles. The normalized spacial score (nSPS) is 14.5. The minimum atomic E-state index is -0.447. The van der Waals surface area contributed by atoms with Crippen molar-refractivity contribution in [1.29, 1.82) is 0 Å². The summed E-state index contributed by atoms with van der Waals surface area (Å²) in [6.45, 7) is 4.41. The van der Waals surface area contributed by atoms with Crippen LogP contribution in [0.2, 0.25) is 0 Å². The molecular formula is C31H28FN5O. The van der Waals surface area contributed by atoms with Gasteiger partial charge in [0.25, 0.3) is 0 Å². The number of rotatable bonds is 4. The van der Waals surface area contributed by atoms with Gasteiger partial charge in [-0.3, -0.25) is 0 Å². The summed E-state index contributed by atoms with van der Waals surface area (Å²) in [5.41, 5.74) is 6.36. The van der Waals surface area contributed by atoms with E-state index in [1.165, 1.54) is 12.1 Å². The first kappa shape index (κ1) is 23.7. The average Bonchev–Trinajstić information content (AvgIpc) is 3.51. The van der Waals surface area contributed by atoms with Crippen molar-refractivity contribution in [3.05, 3.63) is 131 Å². The molecule has 1 N–H and O–H groups in total. The van der Waals surface area contributed by atoms with Crippen LogP contribution in [0.1, 0.15) is 41.0 Å². The van der Waals surface area contributed by atoms with Crippen LogP contribution in [-0.2, 0) is 13.0 Å². The van der Waals surface area contributed by atoms with Crippen LogP contribution >= 0.6 is 0 Å². The molecule has 1 aliphatic heterocycles. The van der Waals surface area contributed by atoms with Gasteiger partial charge in [0.15, 0.2) is 0 Å². The Morgan fingerprint density at radius 1 is 1.00 bits per heavy atom. The quantitative estimate of drug-likeness (QED) is 0.292. The summed E-state index contributed by atoms with van der Waals surface area (Å²) in [6.07, 6.45) is 2.72. The lowest BCUT2D eigenvalue weighted by Crippen LogP contribution is -2.38. The molecule has 0 spiro atoms. The average molecular weight is 506 g/mol. The van der Waals surface area contributed by atoms with Gasteiger partial charge < -0.3 is 14.8 Å². The van der Waals surface area contributed by atoms with Crippen molar-refractivity contribution >= 4 is 11.7 Å². The van der Waals surface area contributed by atoms with E-state index < -0.39 is 6.04 Å². The van der Waals surface area contributed by atoms with Crippen LogP contribution in [0.4, 0.5) is 14.9 Å². The number of nitrogens with one attached hydrogen (secondary N) is 1. The Kier molecular flexibility index (Phi) is 6.04. The Morgan fingerprint density at radius 3 is 2.53 bits per heavy atom. The SMILES string of the molecule is CCc1nn(-c2ccccc2)c2c1CN(C(=O)Nc1cccc(C)c1)[C@H](c1ccc(F)cc1)c1cccn1-2. The molecule has 3 aromatic carbocycles. The van der Waals surface area contributed by atoms with Gasteiger partial charge in [-0.1, -0.05) is 49.4 Å². The number of amides is 2. The highest BCUT2D eigenvalue weighted by molar-refractivity contribution is 5.90. The number of halogens is 1. The zero-order valence-corrected chi connectivity index (χ0v) is 21.3. The standard InChI is InChI=1S/C31H28FN5O/c1-3-27-26-20-36(31(38)33-24-10-7-9-21(2)19-24)29(22-14-16-23(32)17-15-22)28-13-8-18-35(28)30(26)37(34-27)25-11-5-4-6-12-25/h4-19,29H,3,20H2,1-2H3,(H,33,38)/t29-/m1/s1. The number of nitrogens with zero attached hydrogens (tertiary/aromatic N) is 4. The first-order chi connectivity index (χ1) is 18.5. The second-order valence-corrected chi connectivity index (χ2v) is 9.53. The van der Waals surface area contributed by atoms with Gasteiger partial charge in [0.2, 0.25) is 0 Å². The molecule has 0 aliphatic carbocycles. The van der Waals surface area contributed by atoms with Gasteiger partial charge in [-0.25, -0.2) is 13.9 Å². The van der Waals surface area contributed by atoms with E-state index >= 15 is 0 Å². The van der Waals surface area contributed by atoms with Crippen molar-refractivity contribution in [3.8, 4) is 11.5 Å². The van der Waals surface area contributed by atoms with Crippen LogP contribution in [0.15, 0.2) is 97.2 Å². The van der Waals surface area contributed by atoms with Crippen molar-refractivity contribution in [2.45, 2.75) is 32.9 Å². The van der Waals surface area contributed by atoms with Gasteiger partial charge in [-0.15, -0.1) is 0 Å². The predicted molar refractivity (Wildman–Crippen MR) is 146 cm³/mol. The lowest BCUT2D eigenvalue weighted by molar-refractivity contribution is 0.194. The van der Waals surface area contributed by atoms with Gasteiger partial charge in [-0.2, -0.15) is 5.10 Å². The van der Waals surface area contributed by atoms with Crippen LogP contribution in [0.25, 0.3) is 11.5 Å². The fraction of sp³-hybridized carbons (Fsp3) is 0.161. The van der Waals surface area contributed by atoms with Gasteiger partial charge in [0.05, 0.1) is 29.7 Å². The Bertz CT molecular complexity index is 1600. The molecule has 6 nitrogen and oxygen atoms in total. The lowest BCUT2D eigenvalue weighted by atomic mass is 10.0. The monoisotopic (exact) mass is 505 g/mol. The van der Waals surface area contributed by atoms with Crippen LogP contribution in [0.5, 0.6) is 0 Å². The summed E-state index contributed by atoms with van der Waals surface area (Å²) in [7, 11) is 0. The highest BCUT2D eigenvalue weighted by Crippen LogP contribution is 2.39. The zero-order valence-electron chi connectivity index (χ0n) is 21.3. The summed E-state index contributed by atoms with van der Waals surface area (Å²) >= 11 is 0. The third-order valence-corrected chi connectivity index (χ3v) is 7.02. The lowest BCUT2D eigenvalue weighted by Gasteiger charge is -2.31. The Morgan fingerprint density at radius 2 is 1.79 bits per heavy atom. The van der Waals surface area contributed by atoms with Crippen molar-refractivity contribution < 1.29 is 9.18 Å². The zero-order chi connectivity index (χ0) is 26.2. The molecule has 5 aromatic rings. The van der Waals surface area contributed by atoms with E-state index in [9.17, 15) is 9.18 Å². The molecule has 38 heavy (non-hydrogen) atoms. The molecule has 0 bridgehead atoms. The van der Waals surface area contributed by atoms with Gasteiger partial charge >= 0.3 is 6.03 Å². The van der Waals surface area contributed by atoms with E-state index in [4.69, 9.17) is 5.10 Å². The number of urea groups is 1. The maximum atomic E-state index is 14.0. The molecule has 0 saturated heterocycles. The molecule has 1 aliphatic rings. The van der Waals surface area contributed by atoms with Crippen LogP contribution < -0.4 is 5.32 Å². The number of carbonyl (C=O) groups excluding carboxylic acids is 1. The Balaban J connectivity index is 1.55. The van der Waals surface area contributed by atoms with E-state index in [-0.39, 0.29) is 11.8 Å². The number of aromatic nitrogens is 3. The van der Waals surface area contributed by atoms with Gasteiger partial charge in [0.1, 0.15) is 11.6 Å². The number of anilines is 1. The molecule has 0 radical (unpaired) electrons. The minimum Gasteiger partial charge on any atom is -0.308 e. The largest absolute Gasteiger partial charge is 0.322 e. The number of fused-ring (bicyclic) bond motifs is 3. The van der Waals surface area contributed by atoms with Crippen LogP contribution in [0, 0.1) is 12.7 Å². The molecule has 6 rings (SSSR count). The second-order valence-electron chi connectivity index (χ2n) is 9.53.